The quantitative estimate of drug-likeness (QED) is 0.757. The summed E-state index contributed by atoms with van der Waals surface area (Å²) in [5.74, 6) is -1.43. The number of thiophene rings is 1. The summed E-state index contributed by atoms with van der Waals surface area (Å²) in [4.78, 5) is 11.2. The number of carboxylic acid groups (broad SMARTS) is 1. The predicted molar refractivity (Wildman–Crippen MR) is 87.9 cm³/mol. The van der Waals surface area contributed by atoms with Crippen molar-refractivity contribution in [3.05, 3.63) is 51.3 Å². The van der Waals surface area contributed by atoms with Crippen LogP contribution >= 0.6 is 11.3 Å². The number of aliphatic carboxylic acids is 1. The number of nitrogens with zero attached hydrogens (tertiary/aromatic N) is 1. The van der Waals surface area contributed by atoms with Crippen molar-refractivity contribution in [2.45, 2.75) is 19.9 Å². The predicted octanol–water partition coefficient (Wildman–Crippen LogP) is 3.97. The molecule has 0 radical (unpaired) electrons. The lowest BCUT2D eigenvalue weighted by molar-refractivity contribution is -0.136. The largest absolute Gasteiger partial charge is 0.494 e. The summed E-state index contributed by atoms with van der Waals surface area (Å²) in [5.41, 5.74) is 2.63. The van der Waals surface area contributed by atoms with Gasteiger partial charge in [-0.2, -0.15) is 4.39 Å². The first-order valence-corrected chi connectivity index (χ1v) is 8.08. The summed E-state index contributed by atoms with van der Waals surface area (Å²) in [6.07, 6.45) is -0.178. The molecule has 0 aliphatic carbocycles. The molecule has 3 aromatic rings. The number of halogens is 2. The Bertz CT molecular complexity index is 930. The first kappa shape index (κ1) is 16.4. The summed E-state index contributed by atoms with van der Waals surface area (Å²) in [7, 11) is 1.36. The van der Waals surface area contributed by atoms with Crippen molar-refractivity contribution in [2.75, 3.05) is 7.11 Å². The molecule has 0 fully saturated rings. The maximum atomic E-state index is 14.1. The Morgan fingerprint density at radius 3 is 2.67 bits per heavy atom. The van der Waals surface area contributed by atoms with Crippen molar-refractivity contribution in [1.82, 2.24) is 4.57 Å². The minimum atomic E-state index is -0.970. The zero-order valence-corrected chi connectivity index (χ0v) is 13.9. The Morgan fingerprint density at radius 1 is 1.33 bits per heavy atom. The lowest BCUT2D eigenvalue weighted by Gasteiger charge is -2.08. The molecule has 0 saturated heterocycles. The van der Waals surface area contributed by atoms with Gasteiger partial charge in [-0.25, -0.2) is 4.39 Å². The molecule has 0 aliphatic rings. The molecule has 0 bridgehead atoms. The van der Waals surface area contributed by atoms with Gasteiger partial charge < -0.3 is 14.4 Å². The van der Waals surface area contributed by atoms with E-state index in [9.17, 15) is 18.7 Å². The average Bonchev–Trinajstić information content (AvgIpc) is 3.03. The molecular formula is C17H15F2NO3S. The Morgan fingerprint density at radius 2 is 2.08 bits per heavy atom. The average molecular weight is 351 g/mol. The van der Waals surface area contributed by atoms with Crippen LogP contribution in [0.25, 0.3) is 10.9 Å². The zero-order valence-electron chi connectivity index (χ0n) is 13.1. The second kappa shape index (κ2) is 6.24. The van der Waals surface area contributed by atoms with E-state index in [1.807, 2.05) is 0 Å². The molecule has 126 valence electrons. The summed E-state index contributed by atoms with van der Waals surface area (Å²) >= 11 is 0.993. The highest BCUT2D eigenvalue weighted by atomic mass is 32.1. The number of carboxylic acids is 1. The molecule has 2 aromatic heterocycles. The van der Waals surface area contributed by atoms with Gasteiger partial charge in [0.15, 0.2) is 16.7 Å². The second-order valence-electron chi connectivity index (χ2n) is 5.48. The lowest BCUT2D eigenvalue weighted by atomic mass is 10.1. The van der Waals surface area contributed by atoms with E-state index in [4.69, 9.17) is 4.74 Å². The maximum Gasteiger partial charge on any atom is 0.307 e. The SMILES string of the molecule is COc1cc2c(CC(=O)O)c(C)n(Cc3csc(F)c3)c2cc1F. The van der Waals surface area contributed by atoms with Crippen LogP contribution in [0.3, 0.4) is 0 Å². The molecule has 7 heteroatoms. The number of rotatable bonds is 5. The maximum absolute atomic E-state index is 14.1. The first-order valence-electron chi connectivity index (χ1n) is 7.20. The molecule has 2 heterocycles. The molecule has 0 saturated carbocycles. The third-order valence-corrected chi connectivity index (χ3v) is 4.78. The highest BCUT2D eigenvalue weighted by Crippen LogP contribution is 2.32. The fourth-order valence-corrected chi connectivity index (χ4v) is 3.52. The summed E-state index contributed by atoms with van der Waals surface area (Å²) in [5, 5.41) is 11.2. The van der Waals surface area contributed by atoms with Crippen LogP contribution in [0.5, 0.6) is 5.75 Å². The van der Waals surface area contributed by atoms with Crippen LogP contribution in [0.2, 0.25) is 0 Å². The van der Waals surface area contributed by atoms with Gasteiger partial charge in [0.2, 0.25) is 0 Å². The standard InChI is InChI=1S/C17H15F2NO3S/c1-9-11(5-17(21)22)12-4-15(23-2)13(18)6-14(12)20(9)7-10-3-16(19)24-8-10/h3-4,6,8H,5,7H2,1-2H3,(H,21,22). The zero-order chi connectivity index (χ0) is 17.4. The van der Waals surface area contributed by atoms with Gasteiger partial charge in [-0.1, -0.05) is 0 Å². The Labute approximate surface area is 140 Å². The van der Waals surface area contributed by atoms with Crippen LogP contribution in [0.1, 0.15) is 16.8 Å². The van der Waals surface area contributed by atoms with Crippen molar-refractivity contribution in [1.29, 1.82) is 0 Å². The van der Waals surface area contributed by atoms with Gasteiger partial charge >= 0.3 is 5.97 Å². The van der Waals surface area contributed by atoms with Gasteiger partial charge in [-0.3, -0.25) is 4.79 Å². The molecule has 0 amide bonds. The molecule has 1 aromatic carbocycles. The van der Waals surface area contributed by atoms with Crippen LogP contribution in [0, 0.1) is 17.9 Å². The molecule has 0 atom stereocenters. The summed E-state index contributed by atoms with van der Waals surface area (Å²) in [6.45, 7) is 2.12. The second-order valence-corrected chi connectivity index (χ2v) is 6.35. The molecule has 24 heavy (non-hydrogen) atoms. The highest BCUT2D eigenvalue weighted by molar-refractivity contribution is 7.08. The molecular weight excluding hydrogens is 336 g/mol. The van der Waals surface area contributed by atoms with E-state index in [1.165, 1.54) is 25.3 Å². The van der Waals surface area contributed by atoms with Crippen molar-refractivity contribution in [3.8, 4) is 5.75 Å². The number of ether oxygens (including phenoxy) is 1. The van der Waals surface area contributed by atoms with E-state index in [-0.39, 0.29) is 17.3 Å². The highest BCUT2D eigenvalue weighted by Gasteiger charge is 2.19. The van der Waals surface area contributed by atoms with E-state index in [0.717, 1.165) is 16.9 Å². The smallest absolute Gasteiger partial charge is 0.307 e. The number of methoxy groups -OCH3 is 1. The monoisotopic (exact) mass is 351 g/mol. The van der Waals surface area contributed by atoms with E-state index < -0.39 is 11.8 Å². The molecule has 1 N–H and O–H groups in total. The van der Waals surface area contributed by atoms with Crippen LogP contribution in [0.15, 0.2) is 23.6 Å². The van der Waals surface area contributed by atoms with Crippen molar-refractivity contribution in [3.63, 3.8) is 0 Å². The van der Waals surface area contributed by atoms with Crippen molar-refractivity contribution in [2.24, 2.45) is 0 Å². The van der Waals surface area contributed by atoms with Crippen LogP contribution < -0.4 is 4.74 Å². The van der Waals surface area contributed by atoms with E-state index in [1.54, 1.807) is 16.9 Å². The number of hydrogen-bond acceptors (Lipinski definition) is 3. The van der Waals surface area contributed by atoms with Crippen LogP contribution in [-0.4, -0.2) is 22.8 Å². The van der Waals surface area contributed by atoms with Gasteiger partial charge in [0.1, 0.15) is 0 Å². The van der Waals surface area contributed by atoms with Gasteiger partial charge in [0.25, 0.3) is 0 Å². The first-order chi connectivity index (χ1) is 11.4. The van der Waals surface area contributed by atoms with Gasteiger partial charge in [0.05, 0.1) is 19.0 Å². The minimum absolute atomic E-state index is 0.0628. The fourth-order valence-electron chi connectivity index (χ4n) is 2.89. The minimum Gasteiger partial charge on any atom is -0.494 e. The van der Waals surface area contributed by atoms with Gasteiger partial charge in [-0.15, -0.1) is 11.3 Å². The normalized spacial score (nSPS) is 11.2. The number of benzene rings is 1. The topological polar surface area (TPSA) is 51.5 Å². The third-order valence-electron chi connectivity index (χ3n) is 4.02. The summed E-state index contributed by atoms with van der Waals surface area (Å²) in [6, 6.07) is 4.27. The van der Waals surface area contributed by atoms with Crippen molar-refractivity contribution >= 4 is 28.2 Å². The van der Waals surface area contributed by atoms with E-state index in [2.05, 4.69) is 0 Å². The number of carbonyl (C=O) groups is 1. The van der Waals surface area contributed by atoms with E-state index >= 15 is 0 Å². The van der Waals surface area contributed by atoms with Gasteiger partial charge in [0, 0.05) is 23.7 Å². The third kappa shape index (κ3) is 2.87. The van der Waals surface area contributed by atoms with Crippen LogP contribution in [-0.2, 0) is 17.8 Å². The summed E-state index contributed by atoms with van der Waals surface area (Å²) < 4.78 is 34.2. The van der Waals surface area contributed by atoms with Crippen molar-refractivity contribution < 1.29 is 23.4 Å². The Balaban J connectivity index is 2.21. The van der Waals surface area contributed by atoms with Gasteiger partial charge in [-0.05, 0) is 35.6 Å². The molecule has 0 spiro atoms. The Hall–Kier alpha value is -2.41. The molecule has 0 aliphatic heterocycles. The lowest BCUT2D eigenvalue weighted by Crippen LogP contribution is -2.04. The number of hydrogen-bond donors (Lipinski definition) is 1. The number of aromatic nitrogens is 1. The van der Waals surface area contributed by atoms with E-state index in [0.29, 0.717) is 28.7 Å². The molecule has 0 unspecified atom stereocenters. The fraction of sp³-hybridized carbons (Fsp3) is 0.235. The molecule has 3 rings (SSSR count). The Kier molecular flexibility index (Phi) is 4.28. The molecule has 4 nitrogen and oxygen atoms in total. The number of fused-ring (bicyclic) bond motifs is 1. The van der Waals surface area contributed by atoms with Crippen LogP contribution in [0.4, 0.5) is 8.78 Å².